The summed E-state index contributed by atoms with van der Waals surface area (Å²) in [6.45, 7) is 0.732. The first-order chi connectivity index (χ1) is 7.65. The third-order valence-corrected chi connectivity index (χ3v) is 2.94. The van der Waals surface area contributed by atoms with Gasteiger partial charge in [0.1, 0.15) is 0 Å². The number of amides is 1. The van der Waals surface area contributed by atoms with E-state index in [0.29, 0.717) is 16.3 Å². The Morgan fingerprint density at radius 3 is 2.81 bits per heavy atom. The lowest BCUT2D eigenvalue weighted by Gasteiger charge is -2.05. The van der Waals surface area contributed by atoms with Crippen molar-refractivity contribution in [2.24, 2.45) is 5.92 Å². The topological polar surface area (TPSA) is 55.1 Å². The van der Waals surface area contributed by atoms with E-state index in [1.165, 1.54) is 12.8 Å². The van der Waals surface area contributed by atoms with Crippen LogP contribution in [0, 0.1) is 5.92 Å². The summed E-state index contributed by atoms with van der Waals surface area (Å²) in [6.07, 6.45) is 3.68. The van der Waals surface area contributed by atoms with Gasteiger partial charge in [0, 0.05) is 22.8 Å². The quantitative estimate of drug-likeness (QED) is 0.792. The van der Waals surface area contributed by atoms with E-state index < -0.39 is 0 Å². The van der Waals surface area contributed by atoms with Crippen LogP contribution in [0.5, 0.6) is 0 Å². The van der Waals surface area contributed by atoms with Crippen molar-refractivity contribution in [3.05, 3.63) is 28.8 Å². The lowest BCUT2D eigenvalue weighted by Crippen LogP contribution is -2.24. The molecule has 4 heteroatoms. The molecule has 1 amide bonds. The fraction of sp³-hybridized carbons (Fsp3) is 0.417. The SMILES string of the molecule is Nc1cc(Cl)cc(C(=O)NCCC2CC2)c1. The van der Waals surface area contributed by atoms with Gasteiger partial charge < -0.3 is 11.1 Å². The van der Waals surface area contributed by atoms with Crippen molar-refractivity contribution in [2.45, 2.75) is 19.3 Å². The Balaban J connectivity index is 1.91. The van der Waals surface area contributed by atoms with Crippen LogP contribution >= 0.6 is 11.6 Å². The van der Waals surface area contributed by atoms with Gasteiger partial charge in [0.25, 0.3) is 5.91 Å². The number of halogens is 1. The van der Waals surface area contributed by atoms with Crippen molar-refractivity contribution in [3.63, 3.8) is 0 Å². The third kappa shape index (κ3) is 3.14. The van der Waals surface area contributed by atoms with E-state index in [4.69, 9.17) is 17.3 Å². The first kappa shape index (κ1) is 11.3. The van der Waals surface area contributed by atoms with Crippen LogP contribution < -0.4 is 11.1 Å². The minimum atomic E-state index is -0.102. The second-order valence-corrected chi connectivity index (χ2v) is 4.70. The highest BCUT2D eigenvalue weighted by molar-refractivity contribution is 6.31. The van der Waals surface area contributed by atoms with Crippen LogP contribution in [0.3, 0.4) is 0 Å². The van der Waals surface area contributed by atoms with Crippen LogP contribution in [-0.4, -0.2) is 12.5 Å². The monoisotopic (exact) mass is 238 g/mol. The number of benzene rings is 1. The Hall–Kier alpha value is -1.22. The number of anilines is 1. The Morgan fingerprint density at radius 2 is 2.19 bits per heavy atom. The van der Waals surface area contributed by atoms with Gasteiger partial charge in [-0.1, -0.05) is 24.4 Å². The van der Waals surface area contributed by atoms with Crippen molar-refractivity contribution in [2.75, 3.05) is 12.3 Å². The second kappa shape index (κ2) is 4.74. The molecule has 0 atom stereocenters. The molecule has 86 valence electrons. The molecule has 0 spiro atoms. The maximum Gasteiger partial charge on any atom is 0.251 e. The number of carbonyl (C=O) groups excluding carboxylic acids is 1. The Labute approximate surface area is 100.0 Å². The van der Waals surface area contributed by atoms with Crippen LogP contribution in [0.4, 0.5) is 5.69 Å². The van der Waals surface area contributed by atoms with Gasteiger partial charge in [0.05, 0.1) is 0 Å². The largest absolute Gasteiger partial charge is 0.399 e. The van der Waals surface area contributed by atoms with Gasteiger partial charge in [0.15, 0.2) is 0 Å². The smallest absolute Gasteiger partial charge is 0.251 e. The molecule has 16 heavy (non-hydrogen) atoms. The standard InChI is InChI=1S/C12H15ClN2O/c13-10-5-9(6-11(14)7-10)12(16)15-4-3-8-1-2-8/h5-8H,1-4,14H2,(H,15,16). The number of rotatable bonds is 4. The average molecular weight is 239 g/mol. The molecule has 2 rings (SSSR count). The maximum absolute atomic E-state index is 11.7. The minimum absolute atomic E-state index is 0.102. The number of nitrogen functional groups attached to an aromatic ring is 1. The lowest BCUT2D eigenvalue weighted by molar-refractivity contribution is 0.0952. The zero-order valence-corrected chi connectivity index (χ0v) is 9.76. The number of nitrogens with two attached hydrogens (primary N) is 1. The highest BCUT2D eigenvalue weighted by Crippen LogP contribution is 2.31. The molecule has 0 bridgehead atoms. The molecule has 3 N–H and O–H groups in total. The number of hydrogen-bond acceptors (Lipinski definition) is 2. The molecule has 0 radical (unpaired) electrons. The predicted octanol–water partition coefficient (Wildman–Crippen LogP) is 2.45. The normalized spacial score (nSPS) is 14.8. The second-order valence-electron chi connectivity index (χ2n) is 4.26. The molecule has 0 aromatic heterocycles. The summed E-state index contributed by atoms with van der Waals surface area (Å²) in [6, 6.07) is 4.89. The van der Waals surface area contributed by atoms with Gasteiger partial charge >= 0.3 is 0 Å². The van der Waals surface area contributed by atoms with Crippen LogP contribution in [-0.2, 0) is 0 Å². The van der Waals surface area contributed by atoms with Crippen LogP contribution in [0.1, 0.15) is 29.6 Å². The maximum atomic E-state index is 11.7. The van der Waals surface area contributed by atoms with Gasteiger partial charge in [-0.25, -0.2) is 0 Å². The molecule has 0 aliphatic heterocycles. The zero-order valence-electron chi connectivity index (χ0n) is 9.00. The molecule has 0 saturated heterocycles. The van der Waals surface area contributed by atoms with Crippen molar-refractivity contribution in [1.82, 2.24) is 5.32 Å². The summed E-state index contributed by atoms with van der Waals surface area (Å²) in [4.78, 5) is 11.7. The molecular formula is C12H15ClN2O. The minimum Gasteiger partial charge on any atom is -0.399 e. The van der Waals surface area contributed by atoms with Crippen LogP contribution in [0.25, 0.3) is 0 Å². The number of carbonyl (C=O) groups is 1. The van der Waals surface area contributed by atoms with E-state index in [9.17, 15) is 4.79 Å². The number of hydrogen-bond donors (Lipinski definition) is 2. The van der Waals surface area contributed by atoms with Crippen molar-refractivity contribution >= 4 is 23.2 Å². The lowest BCUT2D eigenvalue weighted by atomic mass is 10.2. The fourth-order valence-corrected chi connectivity index (χ4v) is 1.89. The molecule has 1 aliphatic carbocycles. The van der Waals surface area contributed by atoms with E-state index in [2.05, 4.69) is 5.32 Å². The van der Waals surface area contributed by atoms with Gasteiger partial charge in [0.2, 0.25) is 0 Å². The molecule has 1 aliphatic rings. The summed E-state index contributed by atoms with van der Waals surface area (Å²) in [5.74, 6) is 0.722. The first-order valence-corrected chi connectivity index (χ1v) is 5.87. The molecule has 3 nitrogen and oxygen atoms in total. The van der Waals surface area contributed by atoms with Crippen LogP contribution in [0.15, 0.2) is 18.2 Å². The van der Waals surface area contributed by atoms with Gasteiger partial charge in [-0.05, 0) is 30.5 Å². The van der Waals surface area contributed by atoms with E-state index in [1.807, 2.05) is 0 Å². The Kier molecular flexibility index (Phi) is 3.34. The Morgan fingerprint density at radius 1 is 1.44 bits per heavy atom. The predicted molar refractivity (Wildman–Crippen MR) is 65.5 cm³/mol. The molecule has 1 saturated carbocycles. The third-order valence-electron chi connectivity index (χ3n) is 2.72. The van der Waals surface area contributed by atoms with E-state index in [1.54, 1.807) is 18.2 Å². The summed E-state index contributed by atoms with van der Waals surface area (Å²) < 4.78 is 0. The molecule has 1 aromatic rings. The molecule has 0 unspecified atom stereocenters. The van der Waals surface area contributed by atoms with Gasteiger partial charge in [-0.2, -0.15) is 0 Å². The molecular weight excluding hydrogens is 224 g/mol. The van der Waals surface area contributed by atoms with E-state index >= 15 is 0 Å². The fourth-order valence-electron chi connectivity index (χ4n) is 1.64. The first-order valence-electron chi connectivity index (χ1n) is 5.49. The average Bonchev–Trinajstić information content (AvgIpc) is 3.00. The summed E-state index contributed by atoms with van der Waals surface area (Å²) in [5.41, 5.74) is 6.66. The van der Waals surface area contributed by atoms with Gasteiger partial charge in [-0.15, -0.1) is 0 Å². The summed E-state index contributed by atoms with van der Waals surface area (Å²) >= 11 is 5.83. The van der Waals surface area contributed by atoms with Crippen LogP contribution in [0.2, 0.25) is 5.02 Å². The molecule has 0 heterocycles. The van der Waals surface area contributed by atoms with E-state index in [0.717, 1.165) is 18.9 Å². The summed E-state index contributed by atoms with van der Waals surface area (Å²) in [5, 5.41) is 3.36. The summed E-state index contributed by atoms with van der Waals surface area (Å²) in [7, 11) is 0. The van der Waals surface area contributed by atoms with Crippen molar-refractivity contribution in [3.8, 4) is 0 Å². The molecule has 1 aromatic carbocycles. The Bertz CT molecular complexity index is 382. The van der Waals surface area contributed by atoms with Gasteiger partial charge in [-0.3, -0.25) is 4.79 Å². The zero-order chi connectivity index (χ0) is 11.5. The highest BCUT2D eigenvalue weighted by atomic mass is 35.5. The molecule has 1 fully saturated rings. The van der Waals surface area contributed by atoms with Crippen molar-refractivity contribution in [1.29, 1.82) is 0 Å². The highest BCUT2D eigenvalue weighted by Gasteiger charge is 2.20. The van der Waals surface area contributed by atoms with Crippen molar-refractivity contribution < 1.29 is 4.79 Å². The van der Waals surface area contributed by atoms with E-state index in [-0.39, 0.29) is 5.91 Å². The number of nitrogens with one attached hydrogen (secondary N) is 1.